The average Bonchev–Trinajstić information content (AvgIpc) is 2.67. The molecule has 6 nitrogen and oxygen atoms in total. The molecule has 1 heterocycles. The van der Waals surface area contributed by atoms with E-state index in [1.165, 1.54) is 12.0 Å². The summed E-state index contributed by atoms with van der Waals surface area (Å²) >= 11 is 0. The lowest BCUT2D eigenvalue weighted by Crippen LogP contribution is -2.38. The molecule has 0 bridgehead atoms. The molecule has 1 rings (SSSR count). The number of carbonyl (C=O) groups excluding carboxylic acids is 3. The number of ether oxygens (including phenoxy) is 1. The largest absolute Gasteiger partial charge is 0.469 e. The van der Waals surface area contributed by atoms with E-state index in [4.69, 9.17) is 0 Å². The Hall–Kier alpha value is -1.59. The van der Waals surface area contributed by atoms with Gasteiger partial charge in [-0.3, -0.25) is 14.4 Å². The van der Waals surface area contributed by atoms with Crippen LogP contribution in [0.2, 0.25) is 0 Å². The van der Waals surface area contributed by atoms with E-state index in [9.17, 15) is 14.4 Å². The van der Waals surface area contributed by atoms with Gasteiger partial charge in [0, 0.05) is 33.6 Å². The number of nitrogens with zero attached hydrogens (tertiary/aromatic N) is 2. The second-order valence-corrected chi connectivity index (χ2v) is 4.82. The van der Waals surface area contributed by atoms with Crippen molar-refractivity contribution in [1.29, 1.82) is 0 Å². The predicted molar refractivity (Wildman–Crippen MR) is 64.6 cm³/mol. The molecule has 2 atom stereocenters. The zero-order valence-corrected chi connectivity index (χ0v) is 11.3. The molecule has 0 aromatic carbocycles. The third kappa shape index (κ3) is 3.21. The number of esters is 1. The lowest BCUT2D eigenvalue weighted by atomic mass is 10.1. The molecule has 1 fully saturated rings. The van der Waals surface area contributed by atoms with Gasteiger partial charge in [-0.1, -0.05) is 6.92 Å². The van der Waals surface area contributed by atoms with Gasteiger partial charge in [0.2, 0.25) is 11.8 Å². The van der Waals surface area contributed by atoms with Crippen LogP contribution in [-0.4, -0.2) is 61.9 Å². The Kier molecular flexibility index (Phi) is 4.69. The third-order valence-electron chi connectivity index (χ3n) is 3.22. The molecule has 1 aliphatic heterocycles. The first-order valence-corrected chi connectivity index (χ1v) is 5.93. The van der Waals surface area contributed by atoms with Gasteiger partial charge in [-0.15, -0.1) is 0 Å². The zero-order chi connectivity index (χ0) is 13.9. The van der Waals surface area contributed by atoms with Crippen molar-refractivity contribution in [1.82, 2.24) is 9.80 Å². The van der Waals surface area contributed by atoms with Gasteiger partial charge in [0.25, 0.3) is 0 Å². The molecule has 1 aliphatic rings. The lowest BCUT2D eigenvalue weighted by Gasteiger charge is -2.23. The smallest absolute Gasteiger partial charge is 0.310 e. The fourth-order valence-corrected chi connectivity index (χ4v) is 2.12. The lowest BCUT2D eigenvalue weighted by molar-refractivity contribution is -0.146. The van der Waals surface area contributed by atoms with Gasteiger partial charge in [0.1, 0.15) is 0 Å². The summed E-state index contributed by atoms with van der Waals surface area (Å²) < 4.78 is 4.61. The van der Waals surface area contributed by atoms with Crippen LogP contribution in [0, 0.1) is 11.8 Å². The Morgan fingerprint density at radius 3 is 2.61 bits per heavy atom. The van der Waals surface area contributed by atoms with Crippen LogP contribution in [0.1, 0.15) is 13.3 Å². The van der Waals surface area contributed by atoms with Crippen molar-refractivity contribution in [2.24, 2.45) is 11.8 Å². The normalized spacial score (nSPS) is 20.8. The van der Waals surface area contributed by atoms with E-state index in [0.717, 1.165) is 0 Å². The Balaban J connectivity index is 2.52. The van der Waals surface area contributed by atoms with Crippen molar-refractivity contribution in [2.45, 2.75) is 13.3 Å². The molecule has 18 heavy (non-hydrogen) atoms. The fourth-order valence-electron chi connectivity index (χ4n) is 2.12. The quantitative estimate of drug-likeness (QED) is 0.650. The minimum absolute atomic E-state index is 0.0113. The monoisotopic (exact) mass is 256 g/mol. The standard InChI is InChI=1S/C12H20N2O4/c1-8(12(17)18-4)6-14(3)11(16)9-5-10(15)13(2)7-9/h8-9H,5-7H2,1-4H3. The maximum absolute atomic E-state index is 12.1. The number of methoxy groups -OCH3 is 1. The highest BCUT2D eigenvalue weighted by Gasteiger charge is 2.34. The minimum atomic E-state index is -0.362. The molecular weight excluding hydrogens is 236 g/mol. The molecule has 2 amide bonds. The highest BCUT2D eigenvalue weighted by atomic mass is 16.5. The van der Waals surface area contributed by atoms with Crippen LogP contribution in [0.5, 0.6) is 0 Å². The first kappa shape index (κ1) is 14.5. The summed E-state index contributed by atoms with van der Waals surface area (Å²) in [6.45, 7) is 2.47. The van der Waals surface area contributed by atoms with Crippen LogP contribution in [0.4, 0.5) is 0 Å². The predicted octanol–water partition coefficient (Wildman–Crippen LogP) is -0.268. The second-order valence-electron chi connectivity index (χ2n) is 4.82. The maximum atomic E-state index is 12.1. The minimum Gasteiger partial charge on any atom is -0.469 e. The summed E-state index contributed by atoms with van der Waals surface area (Å²) in [5.41, 5.74) is 0. The van der Waals surface area contributed by atoms with Crippen LogP contribution < -0.4 is 0 Å². The van der Waals surface area contributed by atoms with E-state index in [-0.39, 0.29) is 36.0 Å². The Bertz CT molecular complexity index is 356. The fraction of sp³-hybridized carbons (Fsp3) is 0.750. The highest BCUT2D eigenvalue weighted by molar-refractivity contribution is 5.89. The van der Waals surface area contributed by atoms with Gasteiger partial charge in [-0.25, -0.2) is 0 Å². The van der Waals surface area contributed by atoms with Crippen molar-refractivity contribution in [2.75, 3.05) is 34.3 Å². The van der Waals surface area contributed by atoms with Gasteiger partial charge < -0.3 is 14.5 Å². The maximum Gasteiger partial charge on any atom is 0.310 e. The summed E-state index contributed by atoms with van der Waals surface area (Å²) in [6, 6.07) is 0. The Morgan fingerprint density at radius 2 is 2.17 bits per heavy atom. The molecule has 0 aromatic heterocycles. The molecule has 0 spiro atoms. The SMILES string of the molecule is COC(=O)C(C)CN(C)C(=O)C1CC(=O)N(C)C1. The van der Waals surface area contributed by atoms with Crippen molar-refractivity contribution in [3.63, 3.8) is 0 Å². The van der Waals surface area contributed by atoms with E-state index in [0.29, 0.717) is 13.1 Å². The van der Waals surface area contributed by atoms with Gasteiger partial charge in [-0.05, 0) is 0 Å². The van der Waals surface area contributed by atoms with Crippen LogP contribution in [0.3, 0.4) is 0 Å². The van der Waals surface area contributed by atoms with Crippen LogP contribution in [0.25, 0.3) is 0 Å². The topological polar surface area (TPSA) is 66.9 Å². The number of amides is 2. The van der Waals surface area contributed by atoms with Gasteiger partial charge in [-0.2, -0.15) is 0 Å². The number of rotatable bonds is 4. The van der Waals surface area contributed by atoms with Gasteiger partial charge in [0.15, 0.2) is 0 Å². The van der Waals surface area contributed by atoms with Crippen molar-refractivity contribution in [3.8, 4) is 0 Å². The summed E-state index contributed by atoms with van der Waals surface area (Å²) in [5, 5.41) is 0. The Morgan fingerprint density at radius 1 is 1.56 bits per heavy atom. The molecule has 0 aromatic rings. The molecule has 0 aliphatic carbocycles. The van der Waals surface area contributed by atoms with E-state index in [1.54, 1.807) is 25.9 Å². The molecule has 6 heteroatoms. The van der Waals surface area contributed by atoms with Crippen molar-refractivity contribution in [3.05, 3.63) is 0 Å². The molecule has 102 valence electrons. The van der Waals surface area contributed by atoms with Gasteiger partial charge >= 0.3 is 5.97 Å². The van der Waals surface area contributed by atoms with Crippen molar-refractivity contribution >= 4 is 17.8 Å². The van der Waals surface area contributed by atoms with Crippen LogP contribution in [0.15, 0.2) is 0 Å². The molecule has 2 unspecified atom stereocenters. The van der Waals surface area contributed by atoms with Crippen molar-refractivity contribution < 1.29 is 19.1 Å². The van der Waals surface area contributed by atoms with Gasteiger partial charge in [0.05, 0.1) is 18.9 Å². The van der Waals surface area contributed by atoms with E-state index in [2.05, 4.69) is 4.74 Å². The zero-order valence-electron chi connectivity index (χ0n) is 11.3. The molecule has 0 N–H and O–H groups in total. The number of hydrogen-bond donors (Lipinski definition) is 0. The Labute approximate surface area is 107 Å². The average molecular weight is 256 g/mol. The first-order chi connectivity index (χ1) is 8.36. The van der Waals surface area contributed by atoms with E-state index < -0.39 is 0 Å². The number of hydrogen-bond acceptors (Lipinski definition) is 4. The summed E-state index contributed by atoms with van der Waals surface area (Å²) in [6.07, 6.45) is 0.256. The van der Waals surface area contributed by atoms with Crippen LogP contribution >= 0.6 is 0 Å². The van der Waals surface area contributed by atoms with E-state index >= 15 is 0 Å². The molecule has 1 saturated heterocycles. The number of likely N-dealkylation sites (tertiary alicyclic amines) is 1. The van der Waals surface area contributed by atoms with E-state index in [1.807, 2.05) is 0 Å². The molecular formula is C12H20N2O4. The summed E-state index contributed by atoms with van der Waals surface area (Å²) in [5.74, 6) is -1.10. The summed E-state index contributed by atoms with van der Waals surface area (Å²) in [7, 11) is 4.66. The first-order valence-electron chi connectivity index (χ1n) is 5.93. The summed E-state index contributed by atoms with van der Waals surface area (Å²) in [4.78, 5) is 37.8. The molecule has 0 radical (unpaired) electrons. The number of carbonyl (C=O) groups is 3. The highest BCUT2D eigenvalue weighted by Crippen LogP contribution is 2.18. The third-order valence-corrected chi connectivity index (χ3v) is 3.22. The second kappa shape index (κ2) is 5.84. The molecule has 0 saturated carbocycles. The van der Waals surface area contributed by atoms with Crippen LogP contribution in [-0.2, 0) is 19.1 Å².